The van der Waals surface area contributed by atoms with E-state index in [-0.39, 0.29) is 11.3 Å². The highest BCUT2D eigenvalue weighted by atomic mass is 16.6. The summed E-state index contributed by atoms with van der Waals surface area (Å²) in [6, 6.07) is 5.85. The van der Waals surface area contributed by atoms with E-state index in [4.69, 9.17) is 10.8 Å². The Balaban J connectivity index is 2.70. The fraction of sp³-hybridized carbons (Fsp3) is 0. The fourth-order valence-electron chi connectivity index (χ4n) is 1.67. The number of nitro benzene ring substituents is 1. The van der Waals surface area contributed by atoms with E-state index in [0.717, 1.165) is 0 Å². The minimum atomic E-state index is -1.31. The molecule has 7 heteroatoms. The summed E-state index contributed by atoms with van der Waals surface area (Å²) < 4.78 is 0. The number of anilines is 1. The summed E-state index contributed by atoms with van der Waals surface area (Å²) in [7, 11) is 0. The summed E-state index contributed by atoms with van der Waals surface area (Å²) >= 11 is 0. The Morgan fingerprint density at radius 2 is 2.11 bits per heavy atom. The second kappa shape index (κ2) is 4.73. The van der Waals surface area contributed by atoms with Crippen molar-refractivity contribution in [2.24, 2.45) is 0 Å². The molecule has 0 saturated heterocycles. The first-order chi connectivity index (χ1) is 9.00. The number of aromatic nitrogens is 1. The predicted molar refractivity (Wildman–Crippen MR) is 67.7 cm³/mol. The number of carbonyl (C=O) groups is 1. The third-order valence-electron chi connectivity index (χ3n) is 2.58. The number of nitrogen functional groups attached to an aromatic ring is 1. The molecule has 19 heavy (non-hydrogen) atoms. The van der Waals surface area contributed by atoms with E-state index < -0.39 is 16.6 Å². The Kier molecular flexibility index (Phi) is 3.11. The number of aromatic carboxylic acids is 1. The van der Waals surface area contributed by atoms with Gasteiger partial charge in [0.1, 0.15) is 5.69 Å². The molecule has 0 radical (unpaired) electrons. The minimum absolute atomic E-state index is 0.298. The molecule has 0 amide bonds. The normalized spacial score (nSPS) is 10.1. The summed E-state index contributed by atoms with van der Waals surface area (Å²) in [5.41, 5.74) is 5.37. The van der Waals surface area contributed by atoms with Crippen LogP contribution >= 0.6 is 0 Å². The second-order valence-electron chi connectivity index (χ2n) is 3.76. The van der Waals surface area contributed by atoms with E-state index in [1.165, 1.54) is 18.3 Å². The molecule has 2 aromatic rings. The first-order valence-corrected chi connectivity index (χ1v) is 5.22. The number of carboxylic acids is 1. The summed E-state index contributed by atoms with van der Waals surface area (Å²) in [6.45, 7) is 0. The summed E-state index contributed by atoms with van der Waals surface area (Å²) in [5, 5.41) is 19.9. The molecule has 1 aromatic heterocycles. The maximum Gasteiger partial charge on any atom is 0.338 e. The van der Waals surface area contributed by atoms with E-state index in [1.807, 2.05) is 0 Å². The average Bonchev–Trinajstić information content (AvgIpc) is 2.39. The number of nitrogens with zero attached hydrogens (tertiary/aromatic N) is 2. The number of pyridine rings is 1. The van der Waals surface area contributed by atoms with Crippen LogP contribution in [0.4, 0.5) is 11.4 Å². The lowest BCUT2D eigenvalue weighted by atomic mass is 10.0. The van der Waals surface area contributed by atoms with E-state index in [2.05, 4.69) is 4.98 Å². The molecule has 3 N–H and O–H groups in total. The Labute approximate surface area is 107 Å². The number of rotatable bonds is 3. The quantitative estimate of drug-likeness (QED) is 0.493. The molecule has 1 heterocycles. The van der Waals surface area contributed by atoms with E-state index >= 15 is 0 Å². The molecule has 96 valence electrons. The Morgan fingerprint density at radius 1 is 1.37 bits per heavy atom. The number of nitro groups is 1. The molecule has 0 bridgehead atoms. The molecular weight excluding hydrogens is 250 g/mol. The number of hydrogen-bond donors (Lipinski definition) is 2. The van der Waals surface area contributed by atoms with Crippen LogP contribution in [0.2, 0.25) is 0 Å². The summed E-state index contributed by atoms with van der Waals surface area (Å²) in [4.78, 5) is 25.1. The lowest BCUT2D eigenvalue weighted by Crippen LogP contribution is -2.06. The fourth-order valence-corrected chi connectivity index (χ4v) is 1.67. The van der Waals surface area contributed by atoms with Gasteiger partial charge in [0.2, 0.25) is 0 Å². The second-order valence-corrected chi connectivity index (χ2v) is 3.76. The van der Waals surface area contributed by atoms with Crippen LogP contribution in [-0.4, -0.2) is 21.0 Å². The highest BCUT2D eigenvalue weighted by Gasteiger charge is 2.21. The summed E-state index contributed by atoms with van der Waals surface area (Å²) in [6.07, 6.45) is 3.04. The Bertz CT molecular complexity index is 620. The van der Waals surface area contributed by atoms with E-state index in [1.54, 1.807) is 18.3 Å². The van der Waals surface area contributed by atoms with Crippen molar-refractivity contribution in [3.63, 3.8) is 0 Å². The standard InChI is InChI=1S/C12H9N3O4/c13-11-9(12(16)17)4-8(5-10(11)15(18)19)7-2-1-3-14-6-7/h1-6H,13H2,(H,16,17). The van der Waals surface area contributed by atoms with Gasteiger partial charge in [-0.1, -0.05) is 6.07 Å². The third-order valence-corrected chi connectivity index (χ3v) is 2.58. The SMILES string of the molecule is Nc1c(C(=O)O)cc(-c2cccnc2)cc1[N+](=O)[O-]. The minimum Gasteiger partial charge on any atom is -0.478 e. The lowest BCUT2D eigenvalue weighted by molar-refractivity contribution is -0.383. The van der Waals surface area contributed by atoms with Gasteiger partial charge in [0, 0.05) is 24.0 Å². The number of carboxylic acid groups (broad SMARTS) is 1. The van der Waals surface area contributed by atoms with Gasteiger partial charge >= 0.3 is 5.97 Å². The molecule has 1 aromatic carbocycles. The van der Waals surface area contributed by atoms with Crippen molar-refractivity contribution in [3.05, 3.63) is 52.3 Å². The van der Waals surface area contributed by atoms with Crippen molar-refractivity contribution in [1.82, 2.24) is 4.98 Å². The zero-order chi connectivity index (χ0) is 14.0. The van der Waals surface area contributed by atoms with Crippen molar-refractivity contribution in [2.45, 2.75) is 0 Å². The van der Waals surface area contributed by atoms with Gasteiger partial charge in [0.05, 0.1) is 10.5 Å². The van der Waals surface area contributed by atoms with Crippen molar-refractivity contribution in [1.29, 1.82) is 0 Å². The maximum atomic E-state index is 11.1. The van der Waals surface area contributed by atoms with Gasteiger partial charge in [-0.2, -0.15) is 0 Å². The van der Waals surface area contributed by atoms with Crippen molar-refractivity contribution in [2.75, 3.05) is 5.73 Å². The van der Waals surface area contributed by atoms with Gasteiger partial charge in [0.25, 0.3) is 5.69 Å². The first kappa shape index (κ1) is 12.5. The molecule has 0 atom stereocenters. The van der Waals surface area contributed by atoms with Gasteiger partial charge in [-0.3, -0.25) is 15.1 Å². The Hall–Kier alpha value is -2.96. The highest BCUT2D eigenvalue weighted by molar-refractivity contribution is 5.98. The molecule has 2 rings (SSSR count). The van der Waals surface area contributed by atoms with Crippen LogP contribution in [0, 0.1) is 10.1 Å². The monoisotopic (exact) mass is 259 g/mol. The number of hydrogen-bond acceptors (Lipinski definition) is 5. The van der Waals surface area contributed by atoms with Crippen LogP contribution in [0.3, 0.4) is 0 Å². The van der Waals surface area contributed by atoms with Crippen molar-refractivity contribution < 1.29 is 14.8 Å². The van der Waals surface area contributed by atoms with Crippen LogP contribution in [-0.2, 0) is 0 Å². The predicted octanol–water partition coefficient (Wildman–Crippen LogP) is 1.94. The number of nitrogens with two attached hydrogens (primary N) is 1. The first-order valence-electron chi connectivity index (χ1n) is 5.22. The van der Waals surface area contributed by atoms with Gasteiger partial charge in [-0.25, -0.2) is 4.79 Å². The van der Waals surface area contributed by atoms with Gasteiger partial charge in [-0.15, -0.1) is 0 Å². The topological polar surface area (TPSA) is 119 Å². The van der Waals surface area contributed by atoms with Crippen LogP contribution in [0.25, 0.3) is 11.1 Å². The average molecular weight is 259 g/mol. The van der Waals surface area contributed by atoms with Crippen LogP contribution < -0.4 is 5.73 Å². The molecule has 0 aliphatic rings. The molecule has 0 spiro atoms. The summed E-state index contributed by atoms with van der Waals surface area (Å²) in [5.74, 6) is -1.31. The number of benzene rings is 1. The largest absolute Gasteiger partial charge is 0.478 e. The molecule has 0 saturated carbocycles. The molecule has 0 aliphatic carbocycles. The van der Waals surface area contributed by atoms with E-state index in [9.17, 15) is 14.9 Å². The lowest BCUT2D eigenvalue weighted by Gasteiger charge is -2.06. The smallest absolute Gasteiger partial charge is 0.338 e. The van der Waals surface area contributed by atoms with E-state index in [0.29, 0.717) is 11.1 Å². The van der Waals surface area contributed by atoms with Crippen molar-refractivity contribution >= 4 is 17.3 Å². The molecule has 0 fully saturated rings. The van der Waals surface area contributed by atoms with Crippen LogP contribution in [0.1, 0.15) is 10.4 Å². The zero-order valence-corrected chi connectivity index (χ0v) is 9.61. The van der Waals surface area contributed by atoms with Crippen molar-refractivity contribution in [3.8, 4) is 11.1 Å². The molecule has 0 unspecified atom stereocenters. The van der Waals surface area contributed by atoms with Crippen LogP contribution in [0.5, 0.6) is 0 Å². The molecule has 7 nitrogen and oxygen atoms in total. The third kappa shape index (κ3) is 2.34. The van der Waals surface area contributed by atoms with Gasteiger partial charge < -0.3 is 10.8 Å². The highest BCUT2D eigenvalue weighted by Crippen LogP contribution is 2.32. The van der Waals surface area contributed by atoms with Crippen LogP contribution in [0.15, 0.2) is 36.7 Å². The zero-order valence-electron chi connectivity index (χ0n) is 9.61. The van der Waals surface area contributed by atoms with Gasteiger partial charge in [-0.05, 0) is 17.7 Å². The Morgan fingerprint density at radius 3 is 2.63 bits per heavy atom. The maximum absolute atomic E-state index is 11.1. The van der Waals surface area contributed by atoms with Gasteiger partial charge in [0.15, 0.2) is 0 Å². The molecular formula is C12H9N3O4. The molecule has 0 aliphatic heterocycles.